The third-order valence-electron chi connectivity index (χ3n) is 3.96. The van der Waals surface area contributed by atoms with Gasteiger partial charge in [-0.05, 0) is 25.0 Å². The molecule has 1 amide bonds. The van der Waals surface area contributed by atoms with Gasteiger partial charge in [0.05, 0.1) is 13.0 Å². The van der Waals surface area contributed by atoms with Crippen LogP contribution in [0.5, 0.6) is 5.75 Å². The van der Waals surface area contributed by atoms with Gasteiger partial charge < -0.3 is 10.1 Å². The first-order valence-electron chi connectivity index (χ1n) is 7.83. The van der Waals surface area contributed by atoms with Crippen molar-refractivity contribution in [1.29, 1.82) is 0 Å². The molecule has 0 aliphatic carbocycles. The van der Waals surface area contributed by atoms with Crippen molar-refractivity contribution < 1.29 is 9.53 Å². The minimum atomic E-state index is -0.178. The van der Waals surface area contributed by atoms with Crippen LogP contribution < -0.4 is 15.7 Å². The second-order valence-corrected chi connectivity index (χ2v) is 5.60. The van der Waals surface area contributed by atoms with E-state index in [0.717, 1.165) is 24.4 Å². The summed E-state index contributed by atoms with van der Waals surface area (Å²) in [6.07, 6.45) is 2.52. The van der Waals surface area contributed by atoms with Crippen LogP contribution in [-0.4, -0.2) is 33.3 Å². The summed E-state index contributed by atoms with van der Waals surface area (Å²) in [6, 6.07) is 9.50. The van der Waals surface area contributed by atoms with Crippen LogP contribution in [0, 0.1) is 0 Å². The molecule has 0 radical (unpaired) electrons. The summed E-state index contributed by atoms with van der Waals surface area (Å²) in [5, 5.41) is 9.48. The Kier molecular flexibility index (Phi) is 4.75. The number of carbonyl (C=O) groups is 1. The molecule has 1 atom stereocenters. The summed E-state index contributed by atoms with van der Waals surface area (Å²) in [7, 11) is 0. The number of rotatable bonds is 5. The highest BCUT2D eigenvalue weighted by atomic mass is 16.5. The van der Waals surface area contributed by atoms with E-state index in [0.29, 0.717) is 26.0 Å². The molecule has 1 aromatic carbocycles. The number of fused-ring (bicyclic) bond motifs is 1. The minimum absolute atomic E-state index is 0.0284. The number of para-hydroxylation sites is 1. The summed E-state index contributed by atoms with van der Waals surface area (Å²) in [6.45, 7) is 0.930. The van der Waals surface area contributed by atoms with Crippen LogP contribution in [0.4, 0.5) is 0 Å². The summed E-state index contributed by atoms with van der Waals surface area (Å²) in [4.78, 5) is 23.6. The van der Waals surface area contributed by atoms with E-state index in [2.05, 4.69) is 15.5 Å². The third kappa shape index (κ3) is 4.00. The Labute approximate surface area is 133 Å². The minimum Gasteiger partial charge on any atom is -0.493 e. The number of aryl methyl sites for hydroxylation is 1. The van der Waals surface area contributed by atoms with E-state index in [1.165, 1.54) is 0 Å². The molecule has 3 rings (SSSR count). The van der Waals surface area contributed by atoms with Gasteiger partial charge in [-0.25, -0.2) is 9.89 Å². The lowest BCUT2D eigenvalue weighted by atomic mass is 10.1. The lowest BCUT2D eigenvalue weighted by Gasteiger charge is -2.16. The highest BCUT2D eigenvalue weighted by Crippen LogP contribution is 2.12. The molecule has 1 unspecified atom stereocenters. The van der Waals surface area contributed by atoms with Crippen LogP contribution in [0.1, 0.15) is 25.1 Å². The average Bonchev–Trinajstić information content (AvgIpc) is 2.78. The quantitative estimate of drug-likeness (QED) is 0.856. The number of hydrogen-bond donors (Lipinski definition) is 2. The van der Waals surface area contributed by atoms with Gasteiger partial charge in [-0.1, -0.05) is 18.2 Å². The van der Waals surface area contributed by atoms with E-state index in [9.17, 15) is 9.59 Å². The van der Waals surface area contributed by atoms with Gasteiger partial charge in [-0.15, -0.1) is 0 Å². The van der Waals surface area contributed by atoms with Gasteiger partial charge in [-0.2, -0.15) is 5.10 Å². The average molecular weight is 316 g/mol. The zero-order chi connectivity index (χ0) is 16.1. The van der Waals surface area contributed by atoms with Crippen LogP contribution in [0.2, 0.25) is 0 Å². The number of H-pyrrole nitrogens is 1. The number of aromatic nitrogens is 3. The van der Waals surface area contributed by atoms with Gasteiger partial charge in [0.25, 0.3) is 0 Å². The first-order chi connectivity index (χ1) is 11.2. The largest absolute Gasteiger partial charge is 0.493 e. The number of nitrogens with zero attached hydrogens (tertiary/aromatic N) is 2. The van der Waals surface area contributed by atoms with Gasteiger partial charge in [0.2, 0.25) is 5.91 Å². The molecule has 2 N–H and O–H groups in total. The molecular weight excluding hydrogens is 296 g/mol. The molecule has 1 aliphatic rings. The van der Waals surface area contributed by atoms with Crippen LogP contribution in [-0.2, 0) is 17.8 Å². The van der Waals surface area contributed by atoms with Gasteiger partial charge in [0.15, 0.2) is 0 Å². The standard InChI is InChI=1S/C16H20N4O3/c21-15(9-11-23-13-4-2-1-3-5-13)17-12-6-7-14-18-19-16(22)20(14)10-8-12/h1-5,12H,6-11H2,(H,17,21)(H,19,22). The van der Waals surface area contributed by atoms with Gasteiger partial charge in [-0.3, -0.25) is 9.36 Å². The Morgan fingerprint density at radius 3 is 3.00 bits per heavy atom. The predicted molar refractivity (Wildman–Crippen MR) is 84.3 cm³/mol. The Morgan fingerprint density at radius 1 is 1.35 bits per heavy atom. The number of benzene rings is 1. The smallest absolute Gasteiger partial charge is 0.343 e. The fourth-order valence-electron chi connectivity index (χ4n) is 2.73. The lowest BCUT2D eigenvalue weighted by molar-refractivity contribution is -0.122. The van der Waals surface area contributed by atoms with E-state index in [-0.39, 0.29) is 17.6 Å². The molecule has 2 aromatic rings. The van der Waals surface area contributed by atoms with Crippen molar-refractivity contribution in [3.8, 4) is 5.75 Å². The maximum Gasteiger partial charge on any atom is 0.343 e. The number of ether oxygens (including phenoxy) is 1. The van der Waals surface area contributed by atoms with Gasteiger partial charge >= 0.3 is 5.69 Å². The lowest BCUT2D eigenvalue weighted by Crippen LogP contribution is -2.36. The molecule has 0 bridgehead atoms. The number of hydrogen-bond acceptors (Lipinski definition) is 4. The van der Waals surface area contributed by atoms with Gasteiger partial charge in [0, 0.05) is 19.0 Å². The Hall–Kier alpha value is -2.57. The molecule has 0 spiro atoms. The second kappa shape index (κ2) is 7.13. The predicted octanol–water partition coefficient (Wildman–Crippen LogP) is 0.862. The molecule has 1 aromatic heterocycles. The summed E-state index contributed by atoms with van der Waals surface area (Å²) in [5.74, 6) is 1.50. The van der Waals surface area contributed by atoms with Crippen LogP contribution in [0.3, 0.4) is 0 Å². The fraction of sp³-hybridized carbons (Fsp3) is 0.438. The molecule has 0 fully saturated rings. The maximum atomic E-state index is 12.0. The molecule has 1 aliphatic heterocycles. The van der Waals surface area contributed by atoms with Crippen molar-refractivity contribution in [3.05, 3.63) is 46.6 Å². The maximum absolute atomic E-state index is 12.0. The first-order valence-corrected chi connectivity index (χ1v) is 7.83. The van der Waals surface area contributed by atoms with Crippen molar-refractivity contribution in [2.75, 3.05) is 6.61 Å². The Morgan fingerprint density at radius 2 is 2.17 bits per heavy atom. The van der Waals surface area contributed by atoms with Crippen molar-refractivity contribution in [3.63, 3.8) is 0 Å². The van der Waals surface area contributed by atoms with E-state index in [4.69, 9.17) is 4.74 Å². The highest BCUT2D eigenvalue weighted by molar-refractivity contribution is 5.76. The Bertz CT molecular complexity index is 708. The molecule has 23 heavy (non-hydrogen) atoms. The number of carbonyl (C=O) groups excluding carboxylic acids is 1. The summed E-state index contributed by atoms with van der Waals surface area (Å²) >= 11 is 0. The topological polar surface area (TPSA) is 89.0 Å². The SMILES string of the molecule is O=C(CCOc1ccccc1)NC1CCc2n[nH]c(=O)n2CC1. The first kappa shape index (κ1) is 15.3. The number of aromatic amines is 1. The van der Waals surface area contributed by atoms with Crippen LogP contribution in [0.25, 0.3) is 0 Å². The van der Waals surface area contributed by atoms with Crippen molar-refractivity contribution in [1.82, 2.24) is 20.1 Å². The number of amides is 1. The van der Waals surface area contributed by atoms with Crippen molar-refractivity contribution >= 4 is 5.91 Å². The van der Waals surface area contributed by atoms with E-state index < -0.39 is 0 Å². The normalized spacial score (nSPS) is 17.1. The van der Waals surface area contributed by atoms with Crippen LogP contribution >= 0.6 is 0 Å². The summed E-state index contributed by atoms with van der Waals surface area (Å²) in [5.41, 5.74) is -0.178. The molecule has 7 nitrogen and oxygen atoms in total. The molecule has 2 heterocycles. The van der Waals surface area contributed by atoms with E-state index >= 15 is 0 Å². The van der Waals surface area contributed by atoms with E-state index in [1.807, 2.05) is 30.3 Å². The number of nitrogens with one attached hydrogen (secondary N) is 2. The van der Waals surface area contributed by atoms with Gasteiger partial charge in [0.1, 0.15) is 11.6 Å². The summed E-state index contributed by atoms with van der Waals surface area (Å²) < 4.78 is 7.17. The molecule has 7 heteroatoms. The van der Waals surface area contributed by atoms with Crippen molar-refractivity contribution in [2.24, 2.45) is 0 Å². The fourth-order valence-corrected chi connectivity index (χ4v) is 2.73. The van der Waals surface area contributed by atoms with E-state index in [1.54, 1.807) is 4.57 Å². The Balaban J connectivity index is 1.43. The zero-order valence-electron chi connectivity index (χ0n) is 12.8. The molecule has 0 saturated heterocycles. The van der Waals surface area contributed by atoms with Crippen molar-refractivity contribution in [2.45, 2.75) is 38.3 Å². The monoisotopic (exact) mass is 316 g/mol. The zero-order valence-corrected chi connectivity index (χ0v) is 12.8. The molecular formula is C16H20N4O3. The second-order valence-electron chi connectivity index (χ2n) is 5.60. The van der Waals surface area contributed by atoms with Crippen LogP contribution in [0.15, 0.2) is 35.1 Å². The molecule has 122 valence electrons. The molecule has 0 saturated carbocycles. The highest BCUT2D eigenvalue weighted by Gasteiger charge is 2.20. The third-order valence-corrected chi connectivity index (χ3v) is 3.96.